The number of aliphatic hydroxyl groups is 2. The number of rotatable bonds is 17. The van der Waals surface area contributed by atoms with Gasteiger partial charge in [-0.3, -0.25) is 14.4 Å². The van der Waals surface area contributed by atoms with Crippen molar-refractivity contribution in [3.63, 3.8) is 0 Å². The second-order valence-corrected chi connectivity index (χ2v) is 9.51. The molecule has 0 unspecified atom stereocenters. The molecule has 0 radical (unpaired) electrons. The van der Waals surface area contributed by atoms with Gasteiger partial charge in [-0.15, -0.1) is 0 Å². The number of benzene rings is 1. The van der Waals surface area contributed by atoms with Gasteiger partial charge in [-0.2, -0.15) is 0 Å². The van der Waals surface area contributed by atoms with Crippen molar-refractivity contribution in [2.45, 2.75) is 83.0 Å². The van der Waals surface area contributed by atoms with Crippen LogP contribution in [0.25, 0.3) is 0 Å². The van der Waals surface area contributed by atoms with E-state index in [1.54, 1.807) is 19.3 Å². The van der Waals surface area contributed by atoms with E-state index < -0.39 is 30.1 Å². The third-order valence-corrected chi connectivity index (χ3v) is 6.44. The van der Waals surface area contributed by atoms with E-state index in [9.17, 15) is 24.6 Å². The van der Waals surface area contributed by atoms with Crippen molar-refractivity contribution in [2.75, 3.05) is 14.2 Å². The molecule has 3 N–H and O–H groups in total. The zero-order valence-corrected chi connectivity index (χ0v) is 22.3. The molecule has 0 saturated heterocycles. The van der Waals surface area contributed by atoms with E-state index in [1.165, 1.54) is 7.11 Å². The molecule has 210 valence electrons. The van der Waals surface area contributed by atoms with Gasteiger partial charge in [-0.1, -0.05) is 49.3 Å². The van der Waals surface area contributed by atoms with Gasteiger partial charge in [0.25, 0.3) is 0 Å². The van der Waals surface area contributed by atoms with Crippen LogP contribution in [0.4, 0.5) is 0 Å². The van der Waals surface area contributed by atoms with E-state index in [1.807, 2.05) is 24.3 Å². The van der Waals surface area contributed by atoms with Crippen molar-refractivity contribution in [3.05, 3.63) is 58.9 Å². The third-order valence-electron chi connectivity index (χ3n) is 6.44. The van der Waals surface area contributed by atoms with Crippen molar-refractivity contribution >= 4 is 17.9 Å². The van der Waals surface area contributed by atoms with E-state index in [0.29, 0.717) is 38.0 Å². The number of carbonyl (C=O) groups excluding carboxylic acids is 2. The van der Waals surface area contributed by atoms with Crippen LogP contribution in [0.5, 0.6) is 0 Å². The van der Waals surface area contributed by atoms with E-state index in [0.717, 1.165) is 36.0 Å². The van der Waals surface area contributed by atoms with Crippen LogP contribution < -0.4 is 0 Å². The molecule has 9 nitrogen and oxygen atoms in total. The average molecular weight is 533 g/mol. The smallest absolute Gasteiger partial charge is 0.311 e. The normalized spacial score (nSPS) is 18.1. The molecular formula is C29H40O9. The van der Waals surface area contributed by atoms with Crippen molar-refractivity contribution in [2.24, 2.45) is 5.92 Å². The molecule has 3 atom stereocenters. The predicted molar refractivity (Wildman–Crippen MR) is 140 cm³/mol. The summed E-state index contributed by atoms with van der Waals surface area (Å²) in [6.07, 6.45) is 5.86. The molecule has 0 fully saturated rings. The Kier molecular flexibility index (Phi) is 13.8. The number of carboxylic acid groups (broad SMARTS) is 1. The predicted octanol–water partition coefficient (Wildman–Crippen LogP) is 3.85. The summed E-state index contributed by atoms with van der Waals surface area (Å²) < 4.78 is 15.3. The summed E-state index contributed by atoms with van der Waals surface area (Å²) in [4.78, 5) is 34.3. The largest absolute Gasteiger partial charge is 0.481 e. The SMILES string of the molecule is COCc1cccc(C[C@@H](O)/C=C/[C@@H]2C(CCCCCCC(=O)OC)=C(OC(=O)CCC(=O)O)C[C@H]2O)c1. The Labute approximate surface area is 224 Å². The number of aliphatic carboxylic acids is 1. The topological polar surface area (TPSA) is 140 Å². The first-order valence-electron chi connectivity index (χ1n) is 13.1. The van der Waals surface area contributed by atoms with E-state index >= 15 is 0 Å². The van der Waals surface area contributed by atoms with Crippen LogP contribution in [0.3, 0.4) is 0 Å². The molecule has 1 aromatic rings. The van der Waals surface area contributed by atoms with Gasteiger partial charge < -0.3 is 29.5 Å². The second kappa shape index (κ2) is 16.8. The monoisotopic (exact) mass is 532 g/mol. The van der Waals surface area contributed by atoms with Crippen molar-refractivity contribution in [3.8, 4) is 0 Å². The van der Waals surface area contributed by atoms with Gasteiger partial charge in [0.2, 0.25) is 0 Å². The highest BCUT2D eigenvalue weighted by molar-refractivity contribution is 5.77. The second-order valence-electron chi connectivity index (χ2n) is 9.51. The number of aliphatic hydroxyl groups excluding tert-OH is 2. The van der Waals surface area contributed by atoms with Gasteiger partial charge >= 0.3 is 17.9 Å². The van der Waals surface area contributed by atoms with Crippen LogP contribution in [0.1, 0.15) is 68.9 Å². The Morgan fingerprint density at radius 1 is 1.03 bits per heavy atom. The Bertz CT molecular complexity index is 982. The summed E-state index contributed by atoms with van der Waals surface area (Å²) in [6, 6.07) is 7.78. The van der Waals surface area contributed by atoms with Gasteiger partial charge in [0, 0.05) is 32.3 Å². The summed E-state index contributed by atoms with van der Waals surface area (Å²) in [5, 5.41) is 30.2. The fourth-order valence-corrected chi connectivity index (χ4v) is 4.53. The minimum absolute atomic E-state index is 0.140. The minimum Gasteiger partial charge on any atom is -0.481 e. The zero-order chi connectivity index (χ0) is 27.9. The molecule has 0 bridgehead atoms. The molecule has 0 spiro atoms. The van der Waals surface area contributed by atoms with Gasteiger partial charge in [0.1, 0.15) is 5.76 Å². The van der Waals surface area contributed by atoms with Gasteiger partial charge in [-0.25, -0.2) is 0 Å². The van der Waals surface area contributed by atoms with Crippen LogP contribution in [0, 0.1) is 5.92 Å². The van der Waals surface area contributed by atoms with Crippen molar-refractivity contribution in [1.82, 2.24) is 0 Å². The maximum absolute atomic E-state index is 12.2. The molecule has 1 aliphatic carbocycles. The number of carboxylic acids is 1. The number of methoxy groups -OCH3 is 2. The third kappa shape index (κ3) is 11.2. The van der Waals surface area contributed by atoms with Crippen LogP contribution in [0.15, 0.2) is 47.7 Å². The number of hydrogen-bond donors (Lipinski definition) is 3. The highest BCUT2D eigenvalue weighted by Gasteiger charge is 2.34. The molecule has 1 aromatic carbocycles. The summed E-state index contributed by atoms with van der Waals surface area (Å²) in [7, 11) is 2.99. The van der Waals surface area contributed by atoms with Crippen LogP contribution in [0.2, 0.25) is 0 Å². The van der Waals surface area contributed by atoms with Gasteiger partial charge in [0.15, 0.2) is 0 Å². The number of esters is 2. The number of hydrogen-bond acceptors (Lipinski definition) is 8. The quantitative estimate of drug-likeness (QED) is 0.155. The lowest BCUT2D eigenvalue weighted by atomic mass is 9.93. The molecule has 1 aliphatic rings. The Morgan fingerprint density at radius 2 is 1.76 bits per heavy atom. The number of carbonyl (C=O) groups is 3. The van der Waals surface area contributed by atoms with Crippen molar-refractivity contribution in [1.29, 1.82) is 0 Å². The molecule has 2 rings (SSSR count). The first-order chi connectivity index (χ1) is 18.2. The van der Waals surface area contributed by atoms with Crippen molar-refractivity contribution < 1.29 is 43.9 Å². The molecule has 0 aliphatic heterocycles. The summed E-state index contributed by atoms with van der Waals surface area (Å²) in [6.45, 7) is 0.485. The zero-order valence-electron chi connectivity index (χ0n) is 22.3. The van der Waals surface area contributed by atoms with E-state index in [-0.39, 0.29) is 25.2 Å². The Hall–Kier alpha value is -3.01. The van der Waals surface area contributed by atoms with Crippen LogP contribution >= 0.6 is 0 Å². The molecule has 0 amide bonds. The molecular weight excluding hydrogens is 492 g/mol. The molecule has 38 heavy (non-hydrogen) atoms. The number of ether oxygens (including phenoxy) is 3. The minimum atomic E-state index is -1.09. The van der Waals surface area contributed by atoms with Crippen LogP contribution in [-0.2, 0) is 41.6 Å². The maximum atomic E-state index is 12.2. The van der Waals surface area contributed by atoms with E-state index in [2.05, 4.69) is 4.74 Å². The average Bonchev–Trinajstić information content (AvgIpc) is 3.17. The molecule has 0 aromatic heterocycles. The fraction of sp³-hybridized carbons (Fsp3) is 0.552. The molecule has 0 heterocycles. The Morgan fingerprint density at radius 3 is 2.47 bits per heavy atom. The highest BCUT2D eigenvalue weighted by atomic mass is 16.5. The molecule has 9 heteroatoms. The van der Waals surface area contributed by atoms with Gasteiger partial charge in [-0.05, 0) is 36.0 Å². The Balaban J connectivity index is 2.06. The first kappa shape index (κ1) is 31.2. The lowest BCUT2D eigenvalue weighted by Gasteiger charge is -2.16. The van der Waals surface area contributed by atoms with E-state index in [4.69, 9.17) is 14.6 Å². The van der Waals surface area contributed by atoms with Crippen LogP contribution in [-0.4, -0.2) is 59.7 Å². The maximum Gasteiger partial charge on any atom is 0.311 e. The number of unbranched alkanes of at least 4 members (excludes halogenated alkanes) is 3. The standard InChI is InChI=1S/C29H40O9/c1-36-19-21-9-7-8-20(16-21)17-22(30)12-13-23-24(10-5-3-4-6-11-28(34)37-2)26(18-25(23)31)38-29(35)15-14-27(32)33/h7-9,12-13,16,22-23,25,30-31H,3-6,10-11,14-15,17-19H2,1-2H3,(H,32,33)/b13-12+/t22-,23+,25+/m0/s1. The first-order valence-corrected chi connectivity index (χ1v) is 13.1. The fourth-order valence-electron chi connectivity index (χ4n) is 4.53. The van der Waals surface area contributed by atoms with Gasteiger partial charge in [0.05, 0.1) is 38.8 Å². The lowest BCUT2D eigenvalue weighted by molar-refractivity contribution is -0.145. The summed E-state index contributed by atoms with van der Waals surface area (Å²) >= 11 is 0. The lowest BCUT2D eigenvalue weighted by Crippen LogP contribution is -2.16. The molecule has 0 saturated carbocycles. The highest BCUT2D eigenvalue weighted by Crippen LogP contribution is 2.37. The summed E-state index contributed by atoms with van der Waals surface area (Å²) in [5.41, 5.74) is 2.75. The summed E-state index contributed by atoms with van der Waals surface area (Å²) in [5.74, 6) is -2.03.